The van der Waals surface area contributed by atoms with Gasteiger partial charge in [-0.15, -0.1) is 0 Å². The van der Waals surface area contributed by atoms with E-state index < -0.39 is 0 Å². The zero-order valence-corrected chi connectivity index (χ0v) is 8.62. The molecule has 0 bridgehead atoms. The highest BCUT2D eigenvalue weighted by molar-refractivity contribution is 6.33. The number of hydrogen-bond acceptors (Lipinski definition) is 0. The van der Waals surface area contributed by atoms with Crippen molar-refractivity contribution in [1.82, 2.24) is 0 Å². The van der Waals surface area contributed by atoms with Crippen LogP contribution < -0.4 is 0 Å². The molecule has 0 radical (unpaired) electrons. The van der Waals surface area contributed by atoms with Crippen LogP contribution in [0.3, 0.4) is 0 Å². The molecule has 0 saturated carbocycles. The monoisotopic (exact) mass is 202 g/mol. The Labute approximate surface area is 83.5 Å². The minimum atomic E-state index is 0.769. The molecule has 0 fully saturated rings. The van der Waals surface area contributed by atoms with Gasteiger partial charge in [-0.2, -0.15) is 0 Å². The van der Waals surface area contributed by atoms with E-state index in [1.165, 1.54) is 12.8 Å². The quantitative estimate of drug-likeness (QED) is 0.685. The van der Waals surface area contributed by atoms with Crippen molar-refractivity contribution in [3.63, 3.8) is 0 Å². The maximum atomic E-state index is 5.97. The average molecular weight is 203 g/mol. The molecular weight excluding hydrogens is 191 g/mol. The Kier molecular flexibility index (Phi) is 3.90. The van der Waals surface area contributed by atoms with E-state index in [-0.39, 0.29) is 0 Å². The fraction of sp³-hybridized carbons (Fsp3) is 0.400. The molecule has 0 saturated heterocycles. The normalized spacial score (nSPS) is 10.2. The van der Waals surface area contributed by atoms with Crippen LogP contribution in [0.5, 0.6) is 0 Å². The van der Waals surface area contributed by atoms with Gasteiger partial charge in [0.2, 0.25) is 0 Å². The van der Waals surface area contributed by atoms with Crippen LogP contribution >= 0.6 is 23.2 Å². The molecule has 0 atom stereocenters. The second-order valence-electron chi connectivity index (χ2n) is 2.84. The number of benzene rings is 1. The smallest absolute Gasteiger partial charge is 0.0439 e. The van der Waals surface area contributed by atoms with Gasteiger partial charge in [0, 0.05) is 10.0 Å². The van der Waals surface area contributed by atoms with Crippen LogP contribution in [0.2, 0.25) is 10.0 Å². The standard InChI is InChI=1S/C10H12Cl2/c1-2-3-4-8-7-9(11)5-6-10(8)12/h5-7H,2-4H2,1H3. The first-order valence-corrected chi connectivity index (χ1v) is 4.93. The van der Waals surface area contributed by atoms with Crippen LogP contribution in [0, 0.1) is 0 Å². The Morgan fingerprint density at radius 3 is 2.67 bits per heavy atom. The van der Waals surface area contributed by atoms with Crippen molar-refractivity contribution < 1.29 is 0 Å². The van der Waals surface area contributed by atoms with Gasteiger partial charge >= 0.3 is 0 Å². The summed E-state index contributed by atoms with van der Waals surface area (Å²) in [5.41, 5.74) is 1.16. The summed E-state index contributed by atoms with van der Waals surface area (Å²) >= 11 is 11.8. The third kappa shape index (κ3) is 2.69. The molecule has 0 spiro atoms. The average Bonchev–Trinajstić information content (AvgIpc) is 2.07. The van der Waals surface area contributed by atoms with Crippen molar-refractivity contribution in [2.45, 2.75) is 26.2 Å². The summed E-state index contributed by atoms with van der Waals surface area (Å²) in [6, 6.07) is 5.62. The molecule has 0 unspecified atom stereocenters. The second-order valence-corrected chi connectivity index (χ2v) is 3.68. The molecule has 0 heterocycles. The molecule has 66 valence electrons. The van der Waals surface area contributed by atoms with E-state index in [9.17, 15) is 0 Å². The summed E-state index contributed by atoms with van der Waals surface area (Å²) in [6.07, 6.45) is 3.37. The highest BCUT2D eigenvalue weighted by Gasteiger charge is 1.99. The van der Waals surface area contributed by atoms with Gasteiger partial charge in [0.05, 0.1) is 0 Å². The molecule has 1 rings (SSSR count). The molecule has 1 aromatic rings. The summed E-state index contributed by atoms with van der Waals surface area (Å²) in [5.74, 6) is 0. The fourth-order valence-electron chi connectivity index (χ4n) is 1.10. The van der Waals surface area contributed by atoms with Crippen molar-refractivity contribution in [3.8, 4) is 0 Å². The van der Waals surface area contributed by atoms with Gasteiger partial charge in [0.15, 0.2) is 0 Å². The topological polar surface area (TPSA) is 0 Å². The van der Waals surface area contributed by atoms with Gasteiger partial charge in [0.25, 0.3) is 0 Å². The van der Waals surface area contributed by atoms with E-state index in [1.807, 2.05) is 18.2 Å². The van der Waals surface area contributed by atoms with Crippen LogP contribution in [-0.2, 0) is 6.42 Å². The molecule has 0 amide bonds. The van der Waals surface area contributed by atoms with Gasteiger partial charge in [-0.25, -0.2) is 0 Å². The molecule has 2 heteroatoms. The molecule has 0 aromatic heterocycles. The maximum absolute atomic E-state index is 5.97. The van der Waals surface area contributed by atoms with Crippen LogP contribution in [0.15, 0.2) is 18.2 Å². The van der Waals surface area contributed by atoms with Crippen LogP contribution in [0.1, 0.15) is 25.3 Å². The van der Waals surface area contributed by atoms with Gasteiger partial charge in [-0.05, 0) is 36.6 Å². The highest BCUT2D eigenvalue weighted by atomic mass is 35.5. The number of aryl methyl sites for hydroxylation is 1. The molecular formula is C10H12Cl2. The van der Waals surface area contributed by atoms with Gasteiger partial charge < -0.3 is 0 Å². The first-order chi connectivity index (χ1) is 5.74. The van der Waals surface area contributed by atoms with Gasteiger partial charge in [0.1, 0.15) is 0 Å². The van der Waals surface area contributed by atoms with Crippen molar-refractivity contribution in [2.75, 3.05) is 0 Å². The number of halogens is 2. The molecule has 1 aromatic carbocycles. The van der Waals surface area contributed by atoms with E-state index in [0.717, 1.165) is 22.0 Å². The zero-order chi connectivity index (χ0) is 8.97. The molecule has 0 N–H and O–H groups in total. The number of rotatable bonds is 3. The van der Waals surface area contributed by atoms with E-state index >= 15 is 0 Å². The lowest BCUT2D eigenvalue weighted by molar-refractivity contribution is 0.795. The van der Waals surface area contributed by atoms with Crippen LogP contribution in [0.4, 0.5) is 0 Å². The predicted octanol–water partition coefficient (Wildman–Crippen LogP) is 4.34. The van der Waals surface area contributed by atoms with Crippen LogP contribution in [-0.4, -0.2) is 0 Å². The third-order valence-corrected chi connectivity index (χ3v) is 2.41. The fourth-order valence-corrected chi connectivity index (χ4v) is 1.51. The Hall–Kier alpha value is -0.200. The van der Waals surface area contributed by atoms with Gasteiger partial charge in [-0.3, -0.25) is 0 Å². The summed E-state index contributed by atoms with van der Waals surface area (Å²) < 4.78 is 0. The summed E-state index contributed by atoms with van der Waals surface area (Å²) in [5, 5.41) is 1.60. The second kappa shape index (κ2) is 4.74. The largest absolute Gasteiger partial charge is 0.0843 e. The first-order valence-electron chi connectivity index (χ1n) is 4.18. The summed E-state index contributed by atoms with van der Waals surface area (Å²) in [6.45, 7) is 2.17. The molecule has 0 aliphatic rings. The van der Waals surface area contributed by atoms with Crippen molar-refractivity contribution in [3.05, 3.63) is 33.8 Å². The Bertz CT molecular complexity index is 256. The number of unbranched alkanes of at least 4 members (excludes halogenated alkanes) is 1. The summed E-state index contributed by atoms with van der Waals surface area (Å²) in [4.78, 5) is 0. The van der Waals surface area contributed by atoms with Crippen molar-refractivity contribution in [1.29, 1.82) is 0 Å². The Morgan fingerprint density at radius 2 is 2.00 bits per heavy atom. The van der Waals surface area contributed by atoms with E-state index in [2.05, 4.69) is 6.92 Å². The predicted molar refractivity (Wildman–Crippen MR) is 55.1 cm³/mol. The minimum absolute atomic E-state index is 0.769. The third-order valence-electron chi connectivity index (χ3n) is 1.81. The minimum Gasteiger partial charge on any atom is -0.0843 e. The zero-order valence-electron chi connectivity index (χ0n) is 7.11. The van der Waals surface area contributed by atoms with Gasteiger partial charge in [-0.1, -0.05) is 36.5 Å². The molecule has 0 aliphatic heterocycles. The van der Waals surface area contributed by atoms with E-state index in [4.69, 9.17) is 23.2 Å². The van der Waals surface area contributed by atoms with Crippen LogP contribution in [0.25, 0.3) is 0 Å². The SMILES string of the molecule is CCCCc1cc(Cl)ccc1Cl. The first kappa shape index (κ1) is 9.88. The lowest BCUT2D eigenvalue weighted by Crippen LogP contribution is -1.85. The number of hydrogen-bond donors (Lipinski definition) is 0. The Morgan fingerprint density at radius 1 is 1.25 bits per heavy atom. The van der Waals surface area contributed by atoms with E-state index in [1.54, 1.807) is 0 Å². The van der Waals surface area contributed by atoms with E-state index in [0.29, 0.717) is 0 Å². The lowest BCUT2D eigenvalue weighted by Gasteiger charge is -2.02. The lowest BCUT2D eigenvalue weighted by atomic mass is 10.1. The van der Waals surface area contributed by atoms with Crippen molar-refractivity contribution >= 4 is 23.2 Å². The molecule has 0 aliphatic carbocycles. The Balaban J connectivity index is 2.75. The molecule has 12 heavy (non-hydrogen) atoms. The van der Waals surface area contributed by atoms with Crippen molar-refractivity contribution in [2.24, 2.45) is 0 Å². The maximum Gasteiger partial charge on any atom is 0.0439 e. The summed E-state index contributed by atoms with van der Waals surface area (Å²) in [7, 11) is 0. The molecule has 0 nitrogen and oxygen atoms in total. The highest BCUT2D eigenvalue weighted by Crippen LogP contribution is 2.21.